The van der Waals surface area contributed by atoms with E-state index in [0.717, 1.165) is 12.1 Å². The number of hydrogen-bond donors (Lipinski definition) is 0. The van der Waals surface area contributed by atoms with E-state index in [1.165, 1.54) is 26.0 Å². The van der Waals surface area contributed by atoms with E-state index in [1.54, 1.807) is 0 Å². The first kappa shape index (κ1) is 14.0. The third-order valence-electron chi connectivity index (χ3n) is 2.93. The maximum absolute atomic E-state index is 12.8. The van der Waals surface area contributed by atoms with Crippen molar-refractivity contribution in [3.8, 4) is 0 Å². The highest BCUT2D eigenvalue weighted by Gasteiger charge is 2.44. The molecule has 0 spiro atoms. The highest BCUT2D eigenvalue weighted by atomic mass is 19.1. The number of nitro groups is 2. The van der Waals surface area contributed by atoms with Gasteiger partial charge in [-0.3, -0.25) is 20.2 Å². The summed E-state index contributed by atoms with van der Waals surface area (Å²) in [7, 11) is 0. The van der Waals surface area contributed by atoms with Crippen molar-refractivity contribution in [3.63, 3.8) is 0 Å². The lowest BCUT2D eigenvalue weighted by Gasteiger charge is -2.24. The summed E-state index contributed by atoms with van der Waals surface area (Å²) >= 11 is 0. The van der Waals surface area contributed by atoms with Crippen LogP contribution in [0.2, 0.25) is 0 Å². The molecule has 0 saturated heterocycles. The summed E-state index contributed by atoms with van der Waals surface area (Å²) < 4.78 is 12.8. The maximum atomic E-state index is 12.8. The summed E-state index contributed by atoms with van der Waals surface area (Å²) in [6.07, 6.45) is 0. The molecule has 1 atom stereocenters. The molecule has 1 aromatic rings. The molecule has 0 fully saturated rings. The largest absolute Gasteiger partial charge is 0.265 e. The van der Waals surface area contributed by atoms with E-state index in [-0.39, 0.29) is 0 Å². The van der Waals surface area contributed by atoms with Gasteiger partial charge in [-0.15, -0.1) is 0 Å². The first-order chi connectivity index (χ1) is 8.25. The second-order valence-electron chi connectivity index (χ2n) is 4.53. The lowest BCUT2D eigenvalue weighted by molar-refractivity contribution is -0.579. The molecular weight excluding hydrogens is 243 g/mol. The highest BCUT2D eigenvalue weighted by Crippen LogP contribution is 2.31. The predicted molar refractivity (Wildman–Crippen MR) is 62.1 cm³/mol. The zero-order valence-electron chi connectivity index (χ0n) is 10.00. The molecule has 0 bridgehead atoms. The van der Waals surface area contributed by atoms with Gasteiger partial charge in [0.05, 0.1) is 0 Å². The van der Waals surface area contributed by atoms with Gasteiger partial charge in [0.15, 0.2) is 0 Å². The van der Waals surface area contributed by atoms with Crippen molar-refractivity contribution in [2.45, 2.75) is 25.3 Å². The molecule has 0 aliphatic rings. The average Bonchev–Trinajstić information content (AvgIpc) is 2.26. The van der Waals surface area contributed by atoms with Gasteiger partial charge < -0.3 is 0 Å². The minimum Gasteiger partial charge on any atom is -0.265 e. The Bertz CT molecular complexity index is 459. The fourth-order valence-electron chi connectivity index (χ4n) is 1.71. The second-order valence-corrected chi connectivity index (χ2v) is 4.53. The van der Waals surface area contributed by atoms with Crippen LogP contribution >= 0.6 is 0 Å². The third kappa shape index (κ3) is 2.99. The molecule has 0 aromatic heterocycles. The first-order valence-electron chi connectivity index (χ1n) is 5.27. The van der Waals surface area contributed by atoms with Crippen molar-refractivity contribution >= 4 is 0 Å². The van der Waals surface area contributed by atoms with E-state index in [9.17, 15) is 24.6 Å². The molecule has 18 heavy (non-hydrogen) atoms. The number of nitrogens with zero attached hydrogens (tertiary/aromatic N) is 2. The van der Waals surface area contributed by atoms with E-state index in [1.807, 2.05) is 0 Å². The summed E-state index contributed by atoms with van der Waals surface area (Å²) in [5.41, 5.74) is -1.11. The molecule has 0 unspecified atom stereocenters. The van der Waals surface area contributed by atoms with Crippen LogP contribution in [0.5, 0.6) is 0 Å². The van der Waals surface area contributed by atoms with Crippen LogP contribution in [0.15, 0.2) is 24.3 Å². The van der Waals surface area contributed by atoms with Crippen LogP contribution in [-0.2, 0) is 0 Å². The molecular formula is C11H13FN2O4. The SMILES string of the molecule is CC(C)([C@@H](C[N+](=O)[O-])c1ccc(F)cc1)[N+](=O)[O-]. The molecule has 7 heteroatoms. The van der Waals surface area contributed by atoms with Crippen LogP contribution in [-0.4, -0.2) is 21.9 Å². The smallest absolute Gasteiger partial charge is 0.229 e. The topological polar surface area (TPSA) is 86.3 Å². The summed E-state index contributed by atoms with van der Waals surface area (Å²) in [4.78, 5) is 20.5. The number of benzene rings is 1. The Morgan fingerprint density at radius 3 is 2.11 bits per heavy atom. The average molecular weight is 256 g/mol. The summed E-state index contributed by atoms with van der Waals surface area (Å²) in [5.74, 6) is -1.40. The quantitative estimate of drug-likeness (QED) is 0.597. The standard InChI is InChI=1S/C11H13FN2O4/c1-11(2,14(17)18)10(7-13(15)16)8-3-5-9(12)6-4-8/h3-6,10H,7H2,1-2H3/t10-/m0/s1. The molecule has 0 N–H and O–H groups in total. The van der Waals surface area contributed by atoms with Crippen LogP contribution in [0, 0.1) is 26.0 Å². The van der Waals surface area contributed by atoms with Crippen molar-refractivity contribution < 1.29 is 14.2 Å². The molecule has 0 aliphatic heterocycles. The van der Waals surface area contributed by atoms with Gasteiger partial charge in [-0.05, 0) is 17.7 Å². The van der Waals surface area contributed by atoms with Gasteiger partial charge in [-0.2, -0.15) is 0 Å². The molecule has 0 saturated carbocycles. The highest BCUT2D eigenvalue weighted by molar-refractivity contribution is 5.23. The molecule has 98 valence electrons. The lowest BCUT2D eigenvalue weighted by Crippen LogP contribution is -2.41. The van der Waals surface area contributed by atoms with Crippen molar-refractivity contribution in [2.24, 2.45) is 0 Å². The number of hydrogen-bond acceptors (Lipinski definition) is 4. The lowest BCUT2D eigenvalue weighted by atomic mass is 9.82. The minimum atomic E-state index is -1.50. The van der Waals surface area contributed by atoms with Gasteiger partial charge in [0.1, 0.15) is 11.7 Å². The summed E-state index contributed by atoms with van der Waals surface area (Å²) in [6.45, 7) is 2.08. The second kappa shape index (κ2) is 5.07. The van der Waals surface area contributed by atoms with Crippen LogP contribution < -0.4 is 0 Å². The Morgan fingerprint density at radius 2 is 1.72 bits per heavy atom. The Labute approximate surface area is 103 Å². The van der Waals surface area contributed by atoms with Crippen LogP contribution in [0.1, 0.15) is 25.3 Å². The van der Waals surface area contributed by atoms with Gasteiger partial charge in [0, 0.05) is 23.7 Å². The van der Waals surface area contributed by atoms with Gasteiger partial charge in [-0.25, -0.2) is 4.39 Å². The van der Waals surface area contributed by atoms with Gasteiger partial charge in [0.2, 0.25) is 12.1 Å². The zero-order valence-corrected chi connectivity index (χ0v) is 10.00. The predicted octanol–water partition coefficient (Wildman–Crippen LogP) is 2.24. The molecule has 0 aliphatic carbocycles. The number of rotatable bonds is 5. The Hall–Kier alpha value is -2.05. The molecule has 1 rings (SSSR count). The van der Waals surface area contributed by atoms with Gasteiger partial charge >= 0.3 is 0 Å². The van der Waals surface area contributed by atoms with E-state index < -0.39 is 33.7 Å². The third-order valence-corrected chi connectivity index (χ3v) is 2.93. The van der Waals surface area contributed by atoms with E-state index in [0.29, 0.717) is 5.56 Å². The van der Waals surface area contributed by atoms with Gasteiger partial charge in [-0.1, -0.05) is 12.1 Å². The van der Waals surface area contributed by atoms with Crippen molar-refractivity contribution in [1.29, 1.82) is 0 Å². The Kier molecular flexibility index (Phi) is 3.95. The van der Waals surface area contributed by atoms with Crippen LogP contribution in [0.4, 0.5) is 4.39 Å². The minimum absolute atomic E-state index is 0.384. The molecule has 0 radical (unpaired) electrons. The molecule has 0 heterocycles. The summed E-state index contributed by atoms with van der Waals surface area (Å²) in [6, 6.07) is 4.96. The van der Waals surface area contributed by atoms with Gasteiger partial charge in [0.25, 0.3) is 0 Å². The van der Waals surface area contributed by atoms with Crippen molar-refractivity contribution in [2.75, 3.05) is 6.54 Å². The number of halogens is 1. The fraction of sp³-hybridized carbons (Fsp3) is 0.455. The molecule has 0 amide bonds. The van der Waals surface area contributed by atoms with Crippen LogP contribution in [0.25, 0.3) is 0 Å². The van der Waals surface area contributed by atoms with E-state index in [4.69, 9.17) is 0 Å². The molecule has 1 aromatic carbocycles. The fourth-order valence-corrected chi connectivity index (χ4v) is 1.71. The first-order valence-corrected chi connectivity index (χ1v) is 5.27. The Balaban J connectivity index is 3.17. The Morgan fingerprint density at radius 1 is 1.22 bits per heavy atom. The summed E-state index contributed by atoms with van der Waals surface area (Å²) in [5, 5.41) is 21.6. The normalized spacial score (nSPS) is 13.1. The monoisotopic (exact) mass is 256 g/mol. The van der Waals surface area contributed by atoms with Crippen molar-refractivity contribution in [1.82, 2.24) is 0 Å². The molecule has 6 nitrogen and oxygen atoms in total. The van der Waals surface area contributed by atoms with Crippen molar-refractivity contribution in [3.05, 3.63) is 55.9 Å². The van der Waals surface area contributed by atoms with E-state index in [2.05, 4.69) is 0 Å². The van der Waals surface area contributed by atoms with Crippen LogP contribution in [0.3, 0.4) is 0 Å². The maximum Gasteiger partial charge on any atom is 0.229 e. The zero-order chi connectivity index (χ0) is 13.9. The van der Waals surface area contributed by atoms with E-state index >= 15 is 0 Å².